The third-order valence-electron chi connectivity index (χ3n) is 11.0. The molecule has 1 aromatic heterocycles. The number of nitrogens with zero attached hydrogens (tertiary/aromatic N) is 2. The topological polar surface area (TPSA) is 8.17 Å². The minimum Gasteiger partial charge on any atom is -0.310 e. The van der Waals surface area contributed by atoms with Crippen LogP contribution in [-0.2, 0) is 5.41 Å². The fraction of sp³-hybridized carbons (Fsp3) is 0.149. The molecule has 0 unspecified atom stereocenters. The maximum Gasteiger partial charge on any atom is 0.0775 e. The molecule has 0 aliphatic heterocycles. The molecule has 244 valence electrons. The predicted octanol–water partition coefficient (Wildman–Crippen LogP) is 12.6. The molecule has 1 aliphatic carbocycles. The van der Waals surface area contributed by atoms with E-state index >= 15 is 0 Å². The minimum atomic E-state index is -1.45. The zero-order valence-electron chi connectivity index (χ0n) is 29.8. The lowest BCUT2D eigenvalue weighted by Gasteiger charge is -2.30. The summed E-state index contributed by atoms with van der Waals surface area (Å²) in [5.41, 5.74) is 13.7. The standard InChI is InChI=1S/C47H42N2Si/c1-31-19-21-32(22-20-31)48(33-23-26-35(27-24-33)50(4,5)6)45-30-42-46(39-16-8-7-15-38(39)45)40-28-25-34(29-41(40)47(42,2)3)49-43-17-11-9-13-36(43)37-14-10-12-18-44(37)49/h7-30H,1-6H3. The average molecular weight is 663 g/mol. The van der Waals surface area contributed by atoms with E-state index in [9.17, 15) is 0 Å². The number of hydrogen-bond acceptors (Lipinski definition) is 1. The van der Waals surface area contributed by atoms with Gasteiger partial charge in [0.05, 0.1) is 24.8 Å². The molecule has 0 fully saturated rings. The minimum absolute atomic E-state index is 0.209. The molecule has 0 spiro atoms. The Morgan fingerprint density at radius 2 is 1.08 bits per heavy atom. The van der Waals surface area contributed by atoms with Crippen LogP contribution in [0.2, 0.25) is 19.6 Å². The average Bonchev–Trinajstić information content (AvgIpc) is 3.57. The molecule has 9 rings (SSSR count). The number of anilines is 3. The molecule has 1 aliphatic rings. The summed E-state index contributed by atoms with van der Waals surface area (Å²) in [7, 11) is -1.45. The van der Waals surface area contributed by atoms with Gasteiger partial charge in [-0.3, -0.25) is 0 Å². The summed E-state index contributed by atoms with van der Waals surface area (Å²) >= 11 is 0. The molecule has 3 heteroatoms. The van der Waals surface area contributed by atoms with Gasteiger partial charge in [0, 0.05) is 38.6 Å². The van der Waals surface area contributed by atoms with Crippen molar-refractivity contribution in [2.24, 2.45) is 0 Å². The van der Waals surface area contributed by atoms with Crippen LogP contribution in [0, 0.1) is 6.92 Å². The molecule has 8 aromatic rings. The second-order valence-electron chi connectivity index (χ2n) is 15.6. The fourth-order valence-corrected chi connectivity index (χ4v) is 9.47. The van der Waals surface area contributed by atoms with Gasteiger partial charge in [0.25, 0.3) is 0 Å². The Kier molecular flexibility index (Phi) is 6.78. The number of rotatable bonds is 5. The van der Waals surface area contributed by atoms with Crippen LogP contribution in [0.3, 0.4) is 0 Å². The molecule has 0 atom stereocenters. The second-order valence-corrected chi connectivity index (χ2v) is 20.6. The maximum atomic E-state index is 2.49. The van der Waals surface area contributed by atoms with Crippen LogP contribution in [0.1, 0.15) is 30.5 Å². The number of para-hydroxylation sites is 2. The molecule has 0 bridgehead atoms. The van der Waals surface area contributed by atoms with E-state index in [0.29, 0.717) is 0 Å². The van der Waals surface area contributed by atoms with Gasteiger partial charge in [-0.1, -0.05) is 135 Å². The highest BCUT2D eigenvalue weighted by Crippen LogP contribution is 2.55. The van der Waals surface area contributed by atoms with Gasteiger partial charge in [-0.25, -0.2) is 0 Å². The first kappa shape index (κ1) is 30.7. The lowest BCUT2D eigenvalue weighted by Crippen LogP contribution is -2.37. The van der Waals surface area contributed by atoms with Crippen LogP contribution >= 0.6 is 0 Å². The molecule has 7 aromatic carbocycles. The Balaban J connectivity index is 1.27. The van der Waals surface area contributed by atoms with Crippen molar-refractivity contribution in [3.63, 3.8) is 0 Å². The molecule has 0 N–H and O–H groups in total. The van der Waals surface area contributed by atoms with Gasteiger partial charge in [0.1, 0.15) is 0 Å². The fourth-order valence-electron chi connectivity index (χ4n) is 8.31. The molecule has 0 saturated carbocycles. The van der Waals surface area contributed by atoms with Gasteiger partial charge >= 0.3 is 0 Å². The third-order valence-corrected chi connectivity index (χ3v) is 13.1. The van der Waals surface area contributed by atoms with E-state index in [4.69, 9.17) is 0 Å². The maximum absolute atomic E-state index is 2.49. The lowest BCUT2D eigenvalue weighted by molar-refractivity contribution is 0.660. The van der Waals surface area contributed by atoms with Crippen LogP contribution in [0.5, 0.6) is 0 Å². The van der Waals surface area contributed by atoms with Gasteiger partial charge in [0.2, 0.25) is 0 Å². The number of benzene rings is 7. The normalized spacial score (nSPS) is 13.6. The van der Waals surface area contributed by atoms with E-state index in [-0.39, 0.29) is 5.41 Å². The summed E-state index contributed by atoms with van der Waals surface area (Å²) in [5.74, 6) is 0. The van der Waals surface area contributed by atoms with Crippen LogP contribution in [0.25, 0.3) is 49.4 Å². The molecular formula is C47H42N2Si. The van der Waals surface area contributed by atoms with Crippen LogP contribution < -0.4 is 10.1 Å². The Morgan fingerprint density at radius 3 is 1.68 bits per heavy atom. The van der Waals surface area contributed by atoms with Gasteiger partial charge in [0.15, 0.2) is 0 Å². The quantitative estimate of drug-likeness (QED) is 0.167. The Hall–Kier alpha value is -5.38. The van der Waals surface area contributed by atoms with E-state index in [1.807, 2.05) is 0 Å². The Bertz CT molecular complexity index is 2550. The highest BCUT2D eigenvalue weighted by atomic mass is 28.3. The van der Waals surface area contributed by atoms with Gasteiger partial charge < -0.3 is 9.47 Å². The van der Waals surface area contributed by atoms with Gasteiger partial charge in [-0.05, 0) is 89.2 Å². The van der Waals surface area contributed by atoms with Crippen molar-refractivity contribution in [2.75, 3.05) is 4.90 Å². The smallest absolute Gasteiger partial charge is 0.0775 e. The van der Waals surface area contributed by atoms with Crippen molar-refractivity contribution in [1.29, 1.82) is 0 Å². The molecular weight excluding hydrogens is 621 g/mol. The summed E-state index contributed by atoms with van der Waals surface area (Å²) in [6.45, 7) is 14.2. The largest absolute Gasteiger partial charge is 0.310 e. The second kappa shape index (κ2) is 11.1. The van der Waals surface area contributed by atoms with Crippen molar-refractivity contribution in [3.8, 4) is 16.8 Å². The van der Waals surface area contributed by atoms with Gasteiger partial charge in [-0.15, -0.1) is 0 Å². The lowest BCUT2D eigenvalue weighted by atomic mass is 9.81. The Morgan fingerprint density at radius 1 is 0.540 bits per heavy atom. The van der Waals surface area contributed by atoms with E-state index < -0.39 is 8.07 Å². The van der Waals surface area contributed by atoms with Crippen molar-refractivity contribution < 1.29 is 0 Å². The highest BCUT2D eigenvalue weighted by molar-refractivity contribution is 6.88. The first-order chi connectivity index (χ1) is 24.1. The van der Waals surface area contributed by atoms with E-state index in [1.54, 1.807) is 0 Å². The molecule has 0 saturated heterocycles. The van der Waals surface area contributed by atoms with Crippen LogP contribution in [0.4, 0.5) is 17.1 Å². The monoisotopic (exact) mass is 662 g/mol. The molecule has 1 heterocycles. The van der Waals surface area contributed by atoms with Gasteiger partial charge in [-0.2, -0.15) is 0 Å². The highest BCUT2D eigenvalue weighted by Gasteiger charge is 2.38. The molecule has 0 radical (unpaired) electrons. The number of fused-ring (bicyclic) bond motifs is 8. The number of aryl methyl sites for hydroxylation is 1. The first-order valence-electron chi connectivity index (χ1n) is 17.8. The first-order valence-corrected chi connectivity index (χ1v) is 21.3. The van der Waals surface area contributed by atoms with E-state index in [1.165, 1.54) is 88.3 Å². The van der Waals surface area contributed by atoms with Crippen molar-refractivity contribution in [2.45, 2.75) is 45.8 Å². The summed E-state index contributed by atoms with van der Waals surface area (Å²) in [6.07, 6.45) is 0. The summed E-state index contributed by atoms with van der Waals surface area (Å²) in [5, 5.41) is 6.61. The van der Waals surface area contributed by atoms with Crippen LogP contribution in [0.15, 0.2) is 146 Å². The van der Waals surface area contributed by atoms with Crippen molar-refractivity contribution in [1.82, 2.24) is 4.57 Å². The van der Waals surface area contributed by atoms with Crippen molar-refractivity contribution >= 4 is 62.9 Å². The summed E-state index contributed by atoms with van der Waals surface area (Å²) in [6, 6.07) is 54.6. The van der Waals surface area contributed by atoms with Crippen LogP contribution in [-0.4, -0.2) is 12.6 Å². The van der Waals surface area contributed by atoms with Crippen molar-refractivity contribution in [3.05, 3.63) is 162 Å². The summed E-state index contributed by atoms with van der Waals surface area (Å²) < 4.78 is 2.44. The SMILES string of the molecule is Cc1ccc(N(c2ccc([Si](C)(C)C)cc2)c2cc3c(c4ccccc24)-c2ccc(-n4c5ccccc5c5ccccc54)cc2C3(C)C)cc1. The van der Waals surface area contributed by atoms with E-state index in [2.05, 4.69) is 195 Å². The zero-order chi connectivity index (χ0) is 34.4. The third kappa shape index (κ3) is 4.60. The number of hydrogen-bond donors (Lipinski definition) is 0. The predicted molar refractivity (Wildman–Crippen MR) is 218 cm³/mol. The zero-order valence-corrected chi connectivity index (χ0v) is 30.8. The van der Waals surface area contributed by atoms with E-state index in [0.717, 1.165) is 0 Å². The number of aromatic nitrogens is 1. The molecule has 50 heavy (non-hydrogen) atoms. The molecule has 2 nitrogen and oxygen atoms in total. The Labute approximate surface area is 296 Å². The molecule has 0 amide bonds. The summed E-state index contributed by atoms with van der Waals surface area (Å²) in [4.78, 5) is 2.47.